The average molecular weight is 226 g/mol. The SMILES string of the molecule is CNS(=O)(=O)Nc1ccc2cn[nH]c2c1. The average Bonchev–Trinajstić information content (AvgIpc) is 2.64. The molecule has 2 rings (SSSR count). The molecule has 0 spiro atoms. The quantitative estimate of drug-likeness (QED) is 0.709. The van der Waals surface area contributed by atoms with E-state index in [0.29, 0.717) is 5.69 Å². The third kappa shape index (κ3) is 2.08. The van der Waals surface area contributed by atoms with Gasteiger partial charge in [-0.2, -0.15) is 13.5 Å². The summed E-state index contributed by atoms with van der Waals surface area (Å²) in [6.07, 6.45) is 1.67. The number of hydrogen-bond acceptors (Lipinski definition) is 3. The zero-order valence-electron chi connectivity index (χ0n) is 7.98. The number of anilines is 1. The van der Waals surface area contributed by atoms with Gasteiger partial charge in [0.05, 0.1) is 17.4 Å². The van der Waals surface area contributed by atoms with E-state index in [0.717, 1.165) is 10.9 Å². The fourth-order valence-corrected chi connectivity index (χ4v) is 1.75. The van der Waals surface area contributed by atoms with Crippen LogP contribution in [0.1, 0.15) is 0 Å². The van der Waals surface area contributed by atoms with Crippen LogP contribution in [0.4, 0.5) is 5.69 Å². The first-order valence-corrected chi connectivity index (χ1v) is 5.73. The lowest BCUT2D eigenvalue weighted by atomic mass is 10.2. The maximum Gasteiger partial charge on any atom is 0.298 e. The van der Waals surface area contributed by atoms with E-state index in [4.69, 9.17) is 0 Å². The van der Waals surface area contributed by atoms with Gasteiger partial charge in [-0.1, -0.05) is 0 Å². The molecule has 1 aromatic carbocycles. The number of hydrogen-bond donors (Lipinski definition) is 3. The van der Waals surface area contributed by atoms with E-state index in [1.165, 1.54) is 7.05 Å². The molecule has 3 N–H and O–H groups in total. The van der Waals surface area contributed by atoms with Crippen LogP contribution in [0.3, 0.4) is 0 Å². The summed E-state index contributed by atoms with van der Waals surface area (Å²) in [5, 5.41) is 7.53. The highest BCUT2D eigenvalue weighted by Crippen LogP contribution is 2.16. The standard InChI is InChI=1S/C8H10N4O2S/c1-9-15(13,14)12-7-3-2-6-5-10-11-8(6)4-7/h2-5,9,12H,1H3,(H,10,11). The molecular weight excluding hydrogens is 216 g/mol. The van der Waals surface area contributed by atoms with Crippen LogP contribution in [-0.4, -0.2) is 25.7 Å². The zero-order chi connectivity index (χ0) is 10.9. The maximum absolute atomic E-state index is 11.2. The molecule has 0 radical (unpaired) electrons. The summed E-state index contributed by atoms with van der Waals surface area (Å²) in [5.41, 5.74) is 1.27. The first-order valence-electron chi connectivity index (χ1n) is 4.25. The van der Waals surface area contributed by atoms with E-state index in [2.05, 4.69) is 19.6 Å². The second-order valence-corrected chi connectivity index (χ2v) is 4.60. The van der Waals surface area contributed by atoms with E-state index in [9.17, 15) is 8.42 Å². The van der Waals surface area contributed by atoms with Gasteiger partial charge in [0.15, 0.2) is 0 Å². The number of benzene rings is 1. The maximum atomic E-state index is 11.2. The summed E-state index contributed by atoms with van der Waals surface area (Å²) in [6.45, 7) is 0. The van der Waals surface area contributed by atoms with Crippen molar-refractivity contribution in [1.29, 1.82) is 0 Å². The van der Waals surface area contributed by atoms with Gasteiger partial charge in [0, 0.05) is 12.4 Å². The van der Waals surface area contributed by atoms with Gasteiger partial charge in [0.2, 0.25) is 0 Å². The largest absolute Gasteiger partial charge is 0.298 e. The molecule has 15 heavy (non-hydrogen) atoms. The van der Waals surface area contributed by atoms with Gasteiger partial charge in [-0.15, -0.1) is 0 Å². The van der Waals surface area contributed by atoms with Crippen molar-refractivity contribution in [3.63, 3.8) is 0 Å². The van der Waals surface area contributed by atoms with Gasteiger partial charge in [0.25, 0.3) is 10.2 Å². The van der Waals surface area contributed by atoms with Gasteiger partial charge in [0.1, 0.15) is 0 Å². The number of fused-ring (bicyclic) bond motifs is 1. The van der Waals surface area contributed by atoms with Crippen LogP contribution < -0.4 is 9.44 Å². The minimum atomic E-state index is -3.46. The molecule has 1 aromatic heterocycles. The summed E-state index contributed by atoms with van der Waals surface area (Å²) in [5.74, 6) is 0. The molecule has 6 nitrogen and oxygen atoms in total. The Bertz CT molecular complexity index is 575. The highest BCUT2D eigenvalue weighted by molar-refractivity contribution is 7.90. The van der Waals surface area contributed by atoms with Crippen molar-refractivity contribution in [3.8, 4) is 0 Å². The molecule has 80 valence electrons. The van der Waals surface area contributed by atoms with Crippen LogP contribution in [0.5, 0.6) is 0 Å². The van der Waals surface area contributed by atoms with Crippen LogP contribution in [0.25, 0.3) is 10.9 Å². The Balaban J connectivity index is 2.37. The number of nitrogens with zero attached hydrogens (tertiary/aromatic N) is 1. The summed E-state index contributed by atoms with van der Waals surface area (Å²) < 4.78 is 26.9. The lowest BCUT2D eigenvalue weighted by Crippen LogP contribution is -2.26. The van der Waals surface area contributed by atoms with Crippen molar-refractivity contribution in [1.82, 2.24) is 14.9 Å². The van der Waals surface area contributed by atoms with Crippen molar-refractivity contribution in [2.24, 2.45) is 0 Å². The monoisotopic (exact) mass is 226 g/mol. The van der Waals surface area contributed by atoms with Crippen LogP contribution in [0.2, 0.25) is 0 Å². The van der Waals surface area contributed by atoms with Crippen LogP contribution in [0.15, 0.2) is 24.4 Å². The summed E-state index contributed by atoms with van der Waals surface area (Å²) >= 11 is 0. The van der Waals surface area contributed by atoms with Gasteiger partial charge in [-0.05, 0) is 18.2 Å². The third-order valence-electron chi connectivity index (χ3n) is 1.96. The van der Waals surface area contributed by atoms with E-state index in [-0.39, 0.29) is 0 Å². The molecule has 0 bridgehead atoms. The van der Waals surface area contributed by atoms with E-state index in [1.807, 2.05) is 0 Å². The van der Waals surface area contributed by atoms with E-state index in [1.54, 1.807) is 24.4 Å². The van der Waals surface area contributed by atoms with Gasteiger partial charge >= 0.3 is 0 Å². The van der Waals surface area contributed by atoms with E-state index >= 15 is 0 Å². The molecule has 7 heteroatoms. The van der Waals surface area contributed by atoms with Crippen LogP contribution in [0, 0.1) is 0 Å². The molecule has 0 atom stereocenters. The molecule has 0 unspecified atom stereocenters. The van der Waals surface area contributed by atoms with Crippen molar-refractivity contribution >= 4 is 26.8 Å². The number of aromatic amines is 1. The number of aromatic nitrogens is 2. The van der Waals surface area contributed by atoms with Crippen molar-refractivity contribution in [3.05, 3.63) is 24.4 Å². The molecule has 0 amide bonds. The van der Waals surface area contributed by atoms with Crippen molar-refractivity contribution in [2.45, 2.75) is 0 Å². The van der Waals surface area contributed by atoms with Gasteiger partial charge < -0.3 is 0 Å². The van der Waals surface area contributed by atoms with Crippen LogP contribution >= 0.6 is 0 Å². The Kier molecular flexibility index (Phi) is 2.33. The molecule has 0 aliphatic heterocycles. The normalized spacial score (nSPS) is 11.8. The van der Waals surface area contributed by atoms with Crippen molar-refractivity contribution in [2.75, 3.05) is 11.8 Å². The second-order valence-electron chi connectivity index (χ2n) is 2.98. The minimum Gasteiger partial charge on any atom is -0.278 e. The number of H-pyrrole nitrogens is 1. The molecule has 1 heterocycles. The fraction of sp³-hybridized carbons (Fsp3) is 0.125. The zero-order valence-corrected chi connectivity index (χ0v) is 8.80. The first-order chi connectivity index (χ1) is 7.11. The first kappa shape index (κ1) is 9.94. The molecule has 0 fully saturated rings. The third-order valence-corrected chi connectivity index (χ3v) is 3.00. The Morgan fingerprint density at radius 2 is 2.20 bits per heavy atom. The Labute approximate surface area is 86.9 Å². The van der Waals surface area contributed by atoms with Gasteiger partial charge in [-0.25, -0.2) is 4.72 Å². The predicted molar refractivity (Wildman–Crippen MR) is 57.7 cm³/mol. The van der Waals surface area contributed by atoms with Crippen LogP contribution in [-0.2, 0) is 10.2 Å². The molecule has 0 aliphatic carbocycles. The molecule has 0 aliphatic rings. The Morgan fingerprint density at radius 3 is 2.93 bits per heavy atom. The molecule has 0 saturated heterocycles. The molecule has 2 aromatic rings. The highest BCUT2D eigenvalue weighted by atomic mass is 32.2. The summed E-state index contributed by atoms with van der Waals surface area (Å²) in [7, 11) is -2.11. The Morgan fingerprint density at radius 1 is 1.40 bits per heavy atom. The molecular formula is C8H10N4O2S. The van der Waals surface area contributed by atoms with Gasteiger partial charge in [-0.3, -0.25) is 9.82 Å². The predicted octanol–water partition coefficient (Wildman–Crippen LogP) is 0.439. The topological polar surface area (TPSA) is 86.9 Å². The van der Waals surface area contributed by atoms with Crippen molar-refractivity contribution < 1.29 is 8.42 Å². The lowest BCUT2D eigenvalue weighted by Gasteiger charge is -2.05. The highest BCUT2D eigenvalue weighted by Gasteiger charge is 2.06. The number of nitrogens with one attached hydrogen (secondary N) is 3. The summed E-state index contributed by atoms with van der Waals surface area (Å²) in [6, 6.07) is 5.14. The smallest absolute Gasteiger partial charge is 0.278 e. The van der Waals surface area contributed by atoms with E-state index < -0.39 is 10.2 Å². The molecule has 0 saturated carbocycles. The minimum absolute atomic E-state index is 0.487. The summed E-state index contributed by atoms with van der Waals surface area (Å²) in [4.78, 5) is 0. The Hall–Kier alpha value is -1.60. The second kappa shape index (κ2) is 3.52. The fourth-order valence-electron chi connectivity index (χ4n) is 1.21. The number of rotatable bonds is 3. The lowest BCUT2D eigenvalue weighted by molar-refractivity contribution is 0.593.